The summed E-state index contributed by atoms with van der Waals surface area (Å²) < 4.78 is 16.7. The molecule has 3 rings (SSSR count). The third-order valence-corrected chi connectivity index (χ3v) is 8.75. The molecule has 0 aromatic heterocycles. The van der Waals surface area contributed by atoms with Crippen molar-refractivity contribution in [1.82, 2.24) is 9.80 Å². The van der Waals surface area contributed by atoms with Gasteiger partial charge in [-0.3, -0.25) is 9.79 Å². The summed E-state index contributed by atoms with van der Waals surface area (Å²) in [4.78, 5) is 34.3. The van der Waals surface area contributed by atoms with Crippen LogP contribution in [0.3, 0.4) is 0 Å². The van der Waals surface area contributed by atoms with Crippen molar-refractivity contribution in [3.8, 4) is 0 Å². The fourth-order valence-corrected chi connectivity index (χ4v) is 6.13. The maximum Gasteiger partial charge on any atom is 0.342 e. The number of likely N-dealkylation sites (tertiary alicyclic amines) is 1. The highest BCUT2D eigenvalue weighted by molar-refractivity contribution is 7.46. The lowest BCUT2D eigenvalue weighted by Crippen LogP contribution is -2.53. The topological polar surface area (TPSA) is 62.2 Å². The lowest BCUT2D eigenvalue weighted by atomic mass is 9.87. The van der Waals surface area contributed by atoms with Crippen LogP contribution in [0.15, 0.2) is 53.5 Å². The molecule has 0 bridgehead atoms. The molecule has 46 heavy (non-hydrogen) atoms. The highest BCUT2D eigenvalue weighted by Gasteiger charge is 2.34. The van der Waals surface area contributed by atoms with Crippen LogP contribution in [0.25, 0.3) is 0 Å². The number of aliphatic imine (C=N–C) groups is 1. The minimum Gasteiger partial charge on any atom is -0.409 e. The second kappa shape index (κ2) is 18.3. The minimum absolute atomic E-state index is 0.0405. The highest BCUT2D eigenvalue weighted by Crippen LogP contribution is 2.34. The van der Waals surface area contributed by atoms with E-state index >= 15 is 0 Å². The summed E-state index contributed by atoms with van der Waals surface area (Å²) in [5.41, 5.74) is 3.34. The number of halogens is 2. The summed E-state index contributed by atoms with van der Waals surface area (Å²) in [6.07, 6.45) is 5.30. The van der Waals surface area contributed by atoms with Gasteiger partial charge in [-0.15, -0.1) is 0 Å². The molecule has 0 radical (unpaired) electrons. The molecule has 9 heteroatoms. The number of piperidine rings is 1. The van der Waals surface area contributed by atoms with Gasteiger partial charge in [-0.25, -0.2) is 4.79 Å². The molecule has 6 nitrogen and oxygen atoms in total. The van der Waals surface area contributed by atoms with E-state index in [1.54, 1.807) is 37.4 Å². The molecule has 1 amide bonds. The SMILES string of the molecule is CN=C(C(=O)N(C1CCN(CCC(C)(C)C)CC1)[C@@H](C)CCC(C)(C)C)c1cc(C)cc(Cl)c1.CP(F)OC(=O)c1ccccc1. The van der Waals surface area contributed by atoms with E-state index in [0.717, 1.165) is 56.4 Å². The summed E-state index contributed by atoms with van der Waals surface area (Å²) in [6.45, 7) is 22.4. The van der Waals surface area contributed by atoms with E-state index in [1.807, 2.05) is 25.1 Å². The zero-order valence-corrected chi connectivity index (χ0v) is 31.4. The molecule has 2 aromatic carbocycles. The van der Waals surface area contributed by atoms with Crippen molar-refractivity contribution < 1.29 is 18.3 Å². The van der Waals surface area contributed by atoms with Gasteiger partial charge in [-0.05, 0) is 99.2 Å². The Morgan fingerprint density at radius 3 is 2.11 bits per heavy atom. The number of carbonyl (C=O) groups excluding carboxylic acids is 2. The van der Waals surface area contributed by atoms with E-state index < -0.39 is 14.4 Å². The van der Waals surface area contributed by atoms with Gasteiger partial charge in [-0.1, -0.05) is 71.3 Å². The fourth-order valence-electron chi connectivity index (χ4n) is 5.51. The van der Waals surface area contributed by atoms with E-state index in [4.69, 9.17) is 11.6 Å². The number of carbonyl (C=O) groups is 2. The summed E-state index contributed by atoms with van der Waals surface area (Å²) >= 11 is 6.34. The van der Waals surface area contributed by atoms with Gasteiger partial charge in [0.25, 0.3) is 14.4 Å². The molecule has 0 aliphatic carbocycles. The monoisotopic (exact) mass is 675 g/mol. The van der Waals surface area contributed by atoms with Crippen LogP contribution in [0.4, 0.5) is 4.20 Å². The Balaban J connectivity index is 0.000000512. The lowest BCUT2D eigenvalue weighted by Gasteiger charge is -2.42. The van der Waals surface area contributed by atoms with Gasteiger partial charge in [0.15, 0.2) is 0 Å². The Labute approximate surface area is 284 Å². The zero-order valence-electron chi connectivity index (χ0n) is 29.7. The Bertz CT molecular complexity index is 1260. The standard InChI is InChI=1S/C29H48ClN3O.C8H8FO2P/c1-21-18-23(20-24(30)19-21)26(31-9)27(34)33(22(2)10-13-28(3,4)5)25-11-15-32(16-12-25)17-14-29(6,7)8;1-12(9)11-8(10)7-5-3-2-4-6-7/h18-20,22,25H,10-17H2,1-9H3;2-6H,1H3/t22-;/m0./s1. The quantitative estimate of drug-likeness (QED) is 0.186. The Morgan fingerprint density at radius 1 is 1.02 bits per heavy atom. The first-order valence-electron chi connectivity index (χ1n) is 16.4. The van der Waals surface area contributed by atoms with Gasteiger partial charge in [0.1, 0.15) is 5.71 Å². The first-order chi connectivity index (χ1) is 21.4. The van der Waals surface area contributed by atoms with Crippen molar-refractivity contribution in [3.05, 3.63) is 70.2 Å². The molecular weight excluding hydrogens is 620 g/mol. The number of hydrogen-bond donors (Lipinski definition) is 0. The fraction of sp³-hybridized carbons (Fsp3) is 0.595. The average molecular weight is 676 g/mol. The van der Waals surface area contributed by atoms with Gasteiger partial charge in [0.05, 0.1) is 5.56 Å². The zero-order chi connectivity index (χ0) is 34.7. The van der Waals surface area contributed by atoms with Gasteiger partial charge < -0.3 is 14.3 Å². The smallest absolute Gasteiger partial charge is 0.342 e. The highest BCUT2D eigenvalue weighted by atomic mass is 35.5. The molecule has 1 fully saturated rings. The summed E-state index contributed by atoms with van der Waals surface area (Å²) in [5, 5.41) is 0.642. The Kier molecular flexibility index (Phi) is 15.8. The van der Waals surface area contributed by atoms with Gasteiger partial charge in [0.2, 0.25) is 0 Å². The maximum absolute atomic E-state index is 14.0. The van der Waals surface area contributed by atoms with Crippen LogP contribution in [0.2, 0.25) is 5.02 Å². The molecular formula is C37H56ClFN3O3P. The number of aryl methyl sites for hydroxylation is 1. The summed E-state index contributed by atoms with van der Waals surface area (Å²) in [6, 6.07) is 14.5. The van der Waals surface area contributed by atoms with Crippen molar-refractivity contribution in [2.75, 3.05) is 33.3 Å². The molecule has 0 spiro atoms. The van der Waals surface area contributed by atoms with Crippen LogP contribution in [0.1, 0.15) is 102 Å². The second-order valence-corrected chi connectivity index (χ2v) is 16.3. The largest absolute Gasteiger partial charge is 0.409 e. The molecule has 0 saturated carbocycles. The molecule has 1 heterocycles. The maximum atomic E-state index is 14.0. The van der Waals surface area contributed by atoms with Crippen LogP contribution in [0, 0.1) is 17.8 Å². The van der Waals surface area contributed by atoms with Crippen LogP contribution in [-0.4, -0.2) is 72.8 Å². The Morgan fingerprint density at radius 2 is 1.61 bits per heavy atom. The van der Waals surface area contributed by atoms with E-state index in [0.29, 0.717) is 21.7 Å². The minimum atomic E-state index is -2.11. The molecule has 1 saturated heterocycles. The molecule has 2 atom stereocenters. The molecule has 256 valence electrons. The van der Waals surface area contributed by atoms with Crippen LogP contribution < -0.4 is 0 Å². The normalized spacial score (nSPS) is 16.2. The van der Waals surface area contributed by atoms with Gasteiger partial charge in [0, 0.05) is 49.5 Å². The van der Waals surface area contributed by atoms with Crippen molar-refractivity contribution in [2.24, 2.45) is 15.8 Å². The number of nitrogens with zero attached hydrogens (tertiary/aromatic N) is 3. The molecule has 1 unspecified atom stereocenters. The third-order valence-electron chi connectivity index (χ3n) is 8.11. The van der Waals surface area contributed by atoms with Crippen LogP contribution >= 0.6 is 20.1 Å². The lowest BCUT2D eigenvalue weighted by molar-refractivity contribution is -0.130. The number of benzene rings is 2. The van der Waals surface area contributed by atoms with Crippen LogP contribution in [-0.2, 0) is 9.32 Å². The van der Waals surface area contributed by atoms with Gasteiger partial charge in [-0.2, -0.15) is 4.20 Å². The first kappa shape index (κ1) is 39.8. The Hall–Kier alpha value is -2.34. The van der Waals surface area contributed by atoms with E-state index in [-0.39, 0.29) is 23.4 Å². The number of rotatable bonds is 10. The van der Waals surface area contributed by atoms with E-state index in [2.05, 4.69) is 67.8 Å². The third kappa shape index (κ3) is 14.2. The van der Waals surface area contributed by atoms with Crippen molar-refractivity contribution >= 4 is 37.6 Å². The number of amides is 1. The predicted molar refractivity (Wildman–Crippen MR) is 193 cm³/mol. The van der Waals surface area contributed by atoms with Crippen molar-refractivity contribution in [2.45, 2.75) is 99.6 Å². The second-order valence-electron chi connectivity index (χ2n) is 14.8. The van der Waals surface area contributed by atoms with Crippen molar-refractivity contribution in [3.63, 3.8) is 0 Å². The first-order valence-corrected chi connectivity index (χ1v) is 18.3. The van der Waals surface area contributed by atoms with Gasteiger partial charge >= 0.3 is 5.97 Å². The summed E-state index contributed by atoms with van der Waals surface area (Å²) in [7, 11) is -0.394. The predicted octanol–water partition coefficient (Wildman–Crippen LogP) is 9.77. The van der Waals surface area contributed by atoms with Crippen LogP contribution in [0.5, 0.6) is 0 Å². The molecule has 1 aliphatic heterocycles. The molecule has 1 aliphatic rings. The van der Waals surface area contributed by atoms with E-state index in [9.17, 15) is 13.8 Å². The van der Waals surface area contributed by atoms with E-state index in [1.165, 1.54) is 13.1 Å². The average Bonchev–Trinajstić information content (AvgIpc) is 2.95. The summed E-state index contributed by atoms with van der Waals surface area (Å²) in [5.74, 6) is -0.564. The molecule has 2 aromatic rings. The van der Waals surface area contributed by atoms with Crippen molar-refractivity contribution in [1.29, 1.82) is 0 Å². The molecule has 0 N–H and O–H groups in total. The number of hydrogen-bond acceptors (Lipinski definition) is 5.